The van der Waals surface area contributed by atoms with Crippen molar-refractivity contribution >= 4 is 74.6 Å². The van der Waals surface area contributed by atoms with Crippen molar-refractivity contribution in [1.29, 1.82) is 0 Å². The Bertz CT molecular complexity index is 2890. The Labute approximate surface area is 406 Å². The third-order valence-electron chi connectivity index (χ3n) is 11.7. The average Bonchev–Trinajstić information content (AvgIpc) is 3.35. The first-order chi connectivity index (χ1) is 32.4. The number of hydrogen-bond acceptors (Lipinski definition) is 9. The monoisotopic (exact) mass is 946 g/mol. The Hall–Kier alpha value is -5.76. The fourth-order valence-corrected chi connectivity index (χ4v) is 10.3. The number of sulfonamides is 1. The molecule has 5 N–H and O–H groups in total. The maximum atomic E-state index is 12.4. The largest absolute Gasteiger partial charge is 0.488 e. The summed E-state index contributed by atoms with van der Waals surface area (Å²) in [6.07, 6.45) is 7.14. The van der Waals surface area contributed by atoms with Crippen molar-refractivity contribution in [3.8, 4) is 0 Å². The summed E-state index contributed by atoms with van der Waals surface area (Å²) in [5, 5.41) is 28.8. The first kappa shape index (κ1) is 49.2. The summed E-state index contributed by atoms with van der Waals surface area (Å²) in [6.45, 7) is 10.4. The van der Waals surface area contributed by atoms with E-state index >= 15 is 0 Å². The highest BCUT2D eigenvalue weighted by Crippen LogP contribution is 2.46. The van der Waals surface area contributed by atoms with Crippen LogP contribution in [0.25, 0.3) is 0 Å². The van der Waals surface area contributed by atoms with Gasteiger partial charge in [0.2, 0.25) is 0 Å². The molecule has 9 rings (SSSR count). The Morgan fingerprint density at radius 2 is 1.12 bits per heavy atom. The van der Waals surface area contributed by atoms with E-state index in [1.165, 1.54) is 80.4 Å². The zero-order valence-electron chi connectivity index (χ0n) is 38.8. The summed E-state index contributed by atoms with van der Waals surface area (Å²) < 4.78 is 24.8. The van der Waals surface area contributed by atoms with Crippen molar-refractivity contribution in [2.45, 2.75) is 104 Å². The third-order valence-corrected chi connectivity index (χ3v) is 15.2. The molecule has 1 atom stereocenters. The van der Waals surface area contributed by atoms with Crippen molar-refractivity contribution in [3.05, 3.63) is 191 Å². The van der Waals surface area contributed by atoms with Gasteiger partial charge in [-0.2, -0.15) is 18.4 Å². The Morgan fingerprint density at radius 1 is 0.627 bits per heavy atom. The molecule has 2 heterocycles. The maximum absolute atomic E-state index is 12.4. The molecule has 0 aromatic heterocycles. The normalized spacial score (nSPS) is 12.7. The van der Waals surface area contributed by atoms with Crippen LogP contribution in [0.2, 0.25) is 0 Å². The predicted octanol–water partition coefficient (Wildman–Crippen LogP) is 13.0. The van der Waals surface area contributed by atoms with E-state index in [-0.39, 0.29) is 4.90 Å². The van der Waals surface area contributed by atoms with Crippen LogP contribution in [0.1, 0.15) is 92.7 Å². The van der Waals surface area contributed by atoms with Crippen molar-refractivity contribution in [1.82, 2.24) is 4.83 Å². The number of benzene rings is 7. The molecule has 0 amide bonds. The van der Waals surface area contributed by atoms with Crippen LogP contribution in [-0.2, 0) is 22.9 Å². The summed E-state index contributed by atoms with van der Waals surface area (Å²) >= 11 is 3.55. The summed E-state index contributed by atoms with van der Waals surface area (Å²) in [4.78, 5) is 7.41. The molecular formula is C55H59BN4O4S3. The van der Waals surface area contributed by atoms with Gasteiger partial charge in [-0.25, -0.2) is 0 Å². The third kappa shape index (κ3) is 13.2. The lowest BCUT2D eigenvalue weighted by Crippen LogP contribution is -2.29. The summed E-state index contributed by atoms with van der Waals surface area (Å²) in [5.41, 5.74) is 12.9. The maximum Gasteiger partial charge on any atom is 0.488 e. The van der Waals surface area contributed by atoms with E-state index in [1.807, 2.05) is 67.2 Å². The van der Waals surface area contributed by atoms with Gasteiger partial charge in [-0.15, -0.1) is 0 Å². The molecule has 0 aliphatic carbocycles. The van der Waals surface area contributed by atoms with E-state index in [2.05, 4.69) is 114 Å². The number of hydrazone groups is 1. The molecule has 344 valence electrons. The SMILES string of the molecule is C/C(=N\NS(=O)(=O)c1ccc(C)cc1)c1ccc2c(c1)Nc1ccccc1S2.CCCCc1ccc(B(O)O)cc1.CCCCc1ccc(C(C)c2ccc3c(c2)Nc2ccccc2S3)cc1. The zero-order valence-corrected chi connectivity index (χ0v) is 41.2. The zero-order chi connectivity index (χ0) is 47.3. The van der Waals surface area contributed by atoms with Gasteiger partial charge in [0.1, 0.15) is 0 Å². The van der Waals surface area contributed by atoms with Crippen LogP contribution in [0.3, 0.4) is 0 Å². The second kappa shape index (κ2) is 23.3. The van der Waals surface area contributed by atoms with Gasteiger partial charge in [-0.1, -0.05) is 160 Å². The summed E-state index contributed by atoms with van der Waals surface area (Å²) in [6, 6.07) is 52.7. The highest BCUT2D eigenvalue weighted by Gasteiger charge is 2.19. The minimum Gasteiger partial charge on any atom is -0.423 e. The Balaban J connectivity index is 0.000000159. The number of fused-ring (bicyclic) bond motifs is 4. The molecule has 2 aliphatic heterocycles. The van der Waals surface area contributed by atoms with E-state index in [0.717, 1.165) is 33.8 Å². The van der Waals surface area contributed by atoms with Crippen LogP contribution in [0.4, 0.5) is 22.7 Å². The lowest BCUT2D eigenvalue weighted by atomic mass is 9.80. The highest BCUT2D eigenvalue weighted by atomic mass is 32.2. The molecule has 0 saturated carbocycles. The number of nitrogens with one attached hydrogen (secondary N) is 3. The van der Waals surface area contributed by atoms with Crippen LogP contribution in [0.15, 0.2) is 187 Å². The lowest BCUT2D eigenvalue weighted by molar-refractivity contribution is 0.425. The molecule has 7 aromatic rings. The molecule has 0 fully saturated rings. The first-order valence-corrected chi connectivity index (χ1v) is 26.0. The van der Waals surface area contributed by atoms with Crippen LogP contribution in [0.5, 0.6) is 0 Å². The number of rotatable bonds is 13. The Kier molecular flexibility index (Phi) is 17.1. The molecule has 7 aromatic carbocycles. The van der Waals surface area contributed by atoms with Crippen LogP contribution >= 0.6 is 23.5 Å². The van der Waals surface area contributed by atoms with E-state index in [4.69, 9.17) is 10.0 Å². The van der Waals surface area contributed by atoms with Gasteiger partial charge in [0.05, 0.1) is 33.4 Å². The fraction of sp³-hybridized carbons (Fsp3) is 0.218. The van der Waals surface area contributed by atoms with Gasteiger partial charge in [0.25, 0.3) is 10.0 Å². The first-order valence-electron chi connectivity index (χ1n) is 22.9. The molecule has 8 nitrogen and oxygen atoms in total. The van der Waals surface area contributed by atoms with Crippen molar-refractivity contribution in [2.75, 3.05) is 10.6 Å². The van der Waals surface area contributed by atoms with Crippen molar-refractivity contribution in [3.63, 3.8) is 0 Å². The van der Waals surface area contributed by atoms with Crippen molar-refractivity contribution in [2.24, 2.45) is 5.10 Å². The molecule has 12 heteroatoms. The fourth-order valence-electron chi connectivity index (χ4n) is 7.54. The molecule has 2 aliphatic rings. The quantitative estimate of drug-likeness (QED) is 0.0440. The van der Waals surface area contributed by atoms with Crippen LogP contribution < -0.4 is 20.9 Å². The van der Waals surface area contributed by atoms with Gasteiger partial charge in [0.15, 0.2) is 0 Å². The number of hydrogen-bond donors (Lipinski definition) is 5. The van der Waals surface area contributed by atoms with Gasteiger partial charge >= 0.3 is 7.12 Å². The molecule has 1 unspecified atom stereocenters. The molecule has 0 saturated heterocycles. The predicted molar refractivity (Wildman–Crippen MR) is 282 cm³/mol. The molecule has 67 heavy (non-hydrogen) atoms. The topological polar surface area (TPSA) is 123 Å². The minimum atomic E-state index is -3.69. The highest BCUT2D eigenvalue weighted by molar-refractivity contribution is 8.00. The van der Waals surface area contributed by atoms with Crippen LogP contribution in [-0.4, -0.2) is 31.3 Å². The number of nitrogens with zero attached hydrogens (tertiary/aromatic N) is 1. The van der Waals surface area contributed by atoms with E-state index in [9.17, 15) is 8.42 Å². The number of aryl methyl sites for hydroxylation is 3. The number of anilines is 4. The van der Waals surface area contributed by atoms with Gasteiger partial charge in [0, 0.05) is 25.5 Å². The van der Waals surface area contributed by atoms with Crippen molar-refractivity contribution < 1.29 is 18.5 Å². The van der Waals surface area contributed by atoms with E-state index in [0.29, 0.717) is 17.1 Å². The van der Waals surface area contributed by atoms with Gasteiger partial charge in [-0.05, 0) is 133 Å². The van der Waals surface area contributed by atoms with Crippen LogP contribution in [0, 0.1) is 6.92 Å². The van der Waals surface area contributed by atoms with Gasteiger partial charge in [-0.3, -0.25) is 0 Å². The molecule has 0 bridgehead atoms. The standard InChI is InChI=1S/C24H25NS.C21H19N3O2S2.C10H15BO2/c1-3-4-7-18-10-12-19(13-11-18)17(2)20-14-15-24-22(16-20)25-21-8-5-6-9-23(21)26-24;1-14-7-10-17(11-8-14)28(25,26)24-23-15(2)16-9-12-21-19(13-16)22-18-5-3-4-6-20(18)27-21;1-2-3-4-9-5-7-10(8-6-9)11(12)13/h5-6,8-17,25H,3-4,7H2,1-2H3;3-13,22,24H,1-2H3;5-8,12-13H,2-4H2,1H3/b;23-15+;. The minimum absolute atomic E-state index is 0.190. The molecule has 0 radical (unpaired) electrons. The average molecular weight is 947 g/mol. The lowest BCUT2D eigenvalue weighted by Gasteiger charge is -2.22. The number of para-hydroxylation sites is 2. The molecular weight excluding hydrogens is 888 g/mol. The summed E-state index contributed by atoms with van der Waals surface area (Å²) in [5.74, 6) is 0.393. The smallest absolute Gasteiger partial charge is 0.423 e. The van der Waals surface area contributed by atoms with E-state index < -0.39 is 17.1 Å². The number of unbranched alkanes of at least 4 members (excludes halogenated alkanes) is 2. The second-order valence-electron chi connectivity index (χ2n) is 16.8. The second-order valence-corrected chi connectivity index (χ2v) is 20.6. The van der Waals surface area contributed by atoms with E-state index in [1.54, 1.807) is 55.1 Å². The molecule has 0 spiro atoms. The summed E-state index contributed by atoms with van der Waals surface area (Å²) in [7, 11) is -5.04. The Morgan fingerprint density at radius 3 is 1.67 bits per heavy atom. The van der Waals surface area contributed by atoms with Gasteiger partial charge < -0.3 is 20.7 Å².